The molecule has 0 saturated carbocycles. The van der Waals surface area contributed by atoms with Gasteiger partial charge < -0.3 is 5.73 Å². The number of nitro benzene ring substituents is 1. The maximum atomic E-state index is 12.7. The SMILES string of the molecule is CC(N)C(C)ON1C(=O)c2cccc3cc([N+](=O)[O-])cc(c23)C1=O. The number of benzene rings is 2. The number of hydrogen-bond acceptors (Lipinski definition) is 6. The van der Waals surface area contributed by atoms with E-state index in [1.54, 1.807) is 32.0 Å². The molecule has 1 aliphatic heterocycles. The van der Waals surface area contributed by atoms with Crippen molar-refractivity contribution in [2.45, 2.75) is 26.0 Å². The first-order valence-corrected chi connectivity index (χ1v) is 7.33. The Balaban J connectivity index is 2.19. The van der Waals surface area contributed by atoms with Crippen LogP contribution < -0.4 is 5.73 Å². The average Bonchev–Trinajstić information content (AvgIpc) is 2.55. The van der Waals surface area contributed by atoms with Crippen molar-refractivity contribution < 1.29 is 19.3 Å². The van der Waals surface area contributed by atoms with Crippen LogP contribution in [-0.4, -0.2) is 33.9 Å². The number of nitrogens with zero attached hydrogens (tertiary/aromatic N) is 2. The van der Waals surface area contributed by atoms with Crippen LogP contribution in [0.25, 0.3) is 10.8 Å². The van der Waals surface area contributed by atoms with E-state index >= 15 is 0 Å². The number of non-ortho nitro benzene ring substituents is 1. The van der Waals surface area contributed by atoms with Gasteiger partial charge in [0.15, 0.2) is 0 Å². The normalized spacial score (nSPS) is 16.4. The summed E-state index contributed by atoms with van der Waals surface area (Å²) >= 11 is 0. The molecule has 0 saturated heterocycles. The molecule has 0 aliphatic carbocycles. The second kappa shape index (κ2) is 5.66. The van der Waals surface area contributed by atoms with Gasteiger partial charge in [0.2, 0.25) is 0 Å². The fraction of sp³-hybridized carbons (Fsp3) is 0.250. The molecule has 2 aromatic rings. The molecule has 2 N–H and O–H groups in total. The molecule has 3 rings (SSSR count). The Hall–Kier alpha value is -2.84. The molecule has 8 heteroatoms. The van der Waals surface area contributed by atoms with Crippen molar-refractivity contribution in [3.63, 3.8) is 0 Å². The van der Waals surface area contributed by atoms with E-state index in [0.29, 0.717) is 15.8 Å². The Labute approximate surface area is 136 Å². The zero-order valence-corrected chi connectivity index (χ0v) is 13.1. The van der Waals surface area contributed by atoms with Gasteiger partial charge in [-0.05, 0) is 25.3 Å². The summed E-state index contributed by atoms with van der Waals surface area (Å²) in [5.74, 6) is -1.35. The van der Waals surface area contributed by atoms with Crippen molar-refractivity contribution in [3.05, 3.63) is 51.6 Å². The van der Waals surface area contributed by atoms with Gasteiger partial charge in [0.05, 0.1) is 22.2 Å². The van der Waals surface area contributed by atoms with E-state index in [4.69, 9.17) is 10.6 Å². The molecule has 1 heterocycles. The highest BCUT2D eigenvalue weighted by Gasteiger charge is 2.36. The maximum absolute atomic E-state index is 12.7. The first-order valence-electron chi connectivity index (χ1n) is 7.33. The van der Waals surface area contributed by atoms with Crippen molar-refractivity contribution >= 4 is 28.3 Å². The van der Waals surface area contributed by atoms with Crippen LogP contribution in [0.2, 0.25) is 0 Å². The number of hydrogen-bond donors (Lipinski definition) is 1. The van der Waals surface area contributed by atoms with E-state index in [1.165, 1.54) is 6.07 Å². The van der Waals surface area contributed by atoms with E-state index < -0.39 is 28.9 Å². The summed E-state index contributed by atoms with van der Waals surface area (Å²) in [4.78, 5) is 41.2. The molecule has 0 fully saturated rings. The van der Waals surface area contributed by atoms with Crippen LogP contribution in [0, 0.1) is 10.1 Å². The molecule has 124 valence electrons. The first-order chi connectivity index (χ1) is 11.3. The monoisotopic (exact) mass is 329 g/mol. The van der Waals surface area contributed by atoms with Gasteiger partial charge in [-0.25, -0.2) is 0 Å². The van der Waals surface area contributed by atoms with Crippen LogP contribution in [0.3, 0.4) is 0 Å². The molecule has 2 atom stereocenters. The summed E-state index contributed by atoms with van der Waals surface area (Å²) in [7, 11) is 0. The second-order valence-corrected chi connectivity index (χ2v) is 5.73. The highest BCUT2D eigenvalue weighted by molar-refractivity contribution is 6.25. The third-order valence-electron chi connectivity index (χ3n) is 4.01. The van der Waals surface area contributed by atoms with E-state index in [1.807, 2.05) is 0 Å². The lowest BCUT2D eigenvalue weighted by molar-refractivity contribution is -0.384. The number of carbonyl (C=O) groups excluding carboxylic acids is 2. The molecule has 2 amide bonds. The molecule has 1 aliphatic rings. The second-order valence-electron chi connectivity index (χ2n) is 5.73. The standard InChI is InChI=1S/C16H15N3O5/c1-8(17)9(2)24-18-15(20)12-5-3-4-10-6-11(19(22)23)7-13(14(10)12)16(18)21/h3-9H,17H2,1-2H3. The minimum atomic E-state index is -0.736. The van der Waals surface area contributed by atoms with Gasteiger partial charge in [0, 0.05) is 23.6 Å². The van der Waals surface area contributed by atoms with Crippen LogP contribution in [0.15, 0.2) is 30.3 Å². The zero-order valence-electron chi connectivity index (χ0n) is 13.1. The number of amides is 2. The van der Waals surface area contributed by atoms with Crippen molar-refractivity contribution in [1.29, 1.82) is 0 Å². The van der Waals surface area contributed by atoms with Crippen molar-refractivity contribution in [3.8, 4) is 0 Å². The van der Waals surface area contributed by atoms with E-state index in [-0.39, 0.29) is 16.8 Å². The summed E-state index contributed by atoms with van der Waals surface area (Å²) in [6, 6.07) is 6.87. The summed E-state index contributed by atoms with van der Waals surface area (Å²) in [5.41, 5.74) is 5.81. The molecule has 0 bridgehead atoms. The van der Waals surface area contributed by atoms with Crippen molar-refractivity contribution in [2.24, 2.45) is 5.73 Å². The minimum absolute atomic E-state index is 0.0614. The summed E-state index contributed by atoms with van der Waals surface area (Å²) in [6.45, 7) is 3.32. The van der Waals surface area contributed by atoms with Crippen LogP contribution in [0.5, 0.6) is 0 Å². The predicted molar refractivity (Wildman–Crippen MR) is 85.3 cm³/mol. The van der Waals surface area contributed by atoms with Gasteiger partial charge in [0.25, 0.3) is 17.5 Å². The van der Waals surface area contributed by atoms with Crippen LogP contribution in [0.4, 0.5) is 5.69 Å². The van der Waals surface area contributed by atoms with Gasteiger partial charge in [-0.15, -0.1) is 5.06 Å². The Morgan fingerprint density at radius 2 is 1.83 bits per heavy atom. The van der Waals surface area contributed by atoms with Gasteiger partial charge in [-0.1, -0.05) is 12.1 Å². The molecule has 0 spiro atoms. The minimum Gasteiger partial charge on any atom is -0.326 e. The summed E-state index contributed by atoms with van der Waals surface area (Å²) in [6.07, 6.45) is -0.586. The van der Waals surface area contributed by atoms with Crippen LogP contribution in [-0.2, 0) is 4.84 Å². The van der Waals surface area contributed by atoms with E-state index in [0.717, 1.165) is 6.07 Å². The van der Waals surface area contributed by atoms with Gasteiger partial charge in [-0.2, -0.15) is 0 Å². The molecule has 8 nitrogen and oxygen atoms in total. The number of carbonyl (C=O) groups is 2. The predicted octanol–water partition coefficient (Wildman–Crippen LogP) is 2.01. The molecule has 0 aromatic heterocycles. The molecule has 24 heavy (non-hydrogen) atoms. The lowest BCUT2D eigenvalue weighted by Gasteiger charge is -2.29. The smallest absolute Gasteiger partial charge is 0.286 e. The van der Waals surface area contributed by atoms with Crippen LogP contribution in [0.1, 0.15) is 34.6 Å². The molecule has 2 aromatic carbocycles. The molecular weight excluding hydrogens is 314 g/mol. The fourth-order valence-corrected chi connectivity index (χ4v) is 2.53. The first kappa shape index (κ1) is 16.0. The zero-order chi connectivity index (χ0) is 17.6. The third-order valence-corrected chi connectivity index (χ3v) is 4.01. The highest BCUT2D eigenvalue weighted by atomic mass is 16.7. The number of nitro groups is 1. The Morgan fingerprint density at radius 1 is 1.17 bits per heavy atom. The summed E-state index contributed by atoms with van der Waals surface area (Å²) in [5, 5.41) is 12.6. The van der Waals surface area contributed by atoms with Gasteiger partial charge >= 0.3 is 0 Å². The molecule has 0 radical (unpaired) electrons. The lowest BCUT2D eigenvalue weighted by Crippen LogP contribution is -2.45. The molecular formula is C16H15N3O5. The number of nitrogens with two attached hydrogens (primary N) is 1. The van der Waals surface area contributed by atoms with E-state index in [9.17, 15) is 19.7 Å². The Bertz CT molecular complexity index is 877. The molecule has 2 unspecified atom stereocenters. The van der Waals surface area contributed by atoms with E-state index in [2.05, 4.69) is 0 Å². The largest absolute Gasteiger partial charge is 0.326 e. The number of hydroxylamine groups is 2. The quantitative estimate of drug-likeness (QED) is 0.521. The number of rotatable bonds is 4. The highest BCUT2D eigenvalue weighted by Crippen LogP contribution is 2.33. The summed E-state index contributed by atoms with van der Waals surface area (Å²) < 4.78 is 0. The Morgan fingerprint density at radius 3 is 2.46 bits per heavy atom. The topological polar surface area (TPSA) is 116 Å². The third kappa shape index (κ3) is 2.41. The van der Waals surface area contributed by atoms with Crippen molar-refractivity contribution in [2.75, 3.05) is 0 Å². The maximum Gasteiger partial charge on any atom is 0.286 e. The lowest BCUT2D eigenvalue weighted by atomic mass is 9.94. The van der Waals surface area contributed by atoms with Gasteiger partial charge in [0.1, 0.15) is 0 Å². The number of imide groups is 1. The van der Waals surface area contributed by atoms with Crippen LogP contribution >= 0.6 is 0 Å². The Kier molecular flexibility index (Phi) is 3.78. The fourth-order valence-electron chi connectivity index (χ4n) is 2.53. The van der Waals surface area contributed by atoms with Gasteiger partial charge in [-0.3, -0.25) is 24.5 Å². The average molecular weight is 329 g/mol. The van der Waals surface area contributed by atoms with Crippen molar-refractivity contribution in [1.82, 2.24) is 5.06 Å².